The lowest BCUT2D eigenvalue weighted by Crippen LogP contribution is -2.36. The van der Waals surface area contributed by atoms with Crippen molar-refractivity contribution in [2.45, 2.75) is 39.5 Å². The van der Waals surface area contributed by atoms with Crippen LogP contribution in [0.3, 0.4) is 0 Å². The highest BCUT2D eigenvalue weighted by atomic mass is 32.2. The largest absolute Gasteiger partial charge is 0.573 e. The number of allylic oxidation sites excluding steroid dienone is 1. The van der Waals surface area contributed by atoms with Crippen LogP contribution in [-0.2, 0) is 0 Å². The molecule has 0 unspecified atom stereocenters. The van der Waals surface area contributed by atoms with E-state index in [9.17, 15) is 18.0 Å². The number of amides is 2. The average molecular weight is 651 g/mol. The zero-order valence-corrected chi connectivity index (χ0v) is 26.5. The number of carbonyl (C=O) groups is 1. The van der Waals surface area contributed by atoms with Gasteiger partial charge >= 0.3 is 12.4 Å². The molecule has 2 amide bonds. The van der Waals surface area contributed by atoms with Gasteiger partial charge in [-0.15, -0.1) is 18.3 Å². The molecule has 1 saturated heterocycles. The number of alkyl halides is 3. The number of urea groups is 1. The Labute approximate surface area is 269 Å². The van der Waals surface area contributed by atoms with Gasteiger partial charge in [0, 0.05) is 29.2 Å². The van der Waals surface area contributed by atoms with Crippen LogP contribution in [0.25, 0.3) is 23.2 Å². The van der Waals surface area contributed by atoms with Crippen molar-refractivity contribution in [1.82, 2.24) is 20.1 Å². The molecule has 0 spiro atoms. The van der Waals surface area contributed by atoms with Gasteiger partial charge in [0.1, 0.15) is 17.8 Å². The summed E-state index contributed by atoms with van der Waals surface area (Å²) < 4.78 is 48.1. The number of carbonyl (C=O) groups excluding carboxylic acids is 1. The van der Waals surface area contributed by atoms with Crippen molar-refractivity contribution >= 4 is 34.7 Å². The van der Waals surface area contributed by atoms with E-state index in [1.54, 1.807) is 25.8 Å². The number of nitrogens with one attached hydrogen (secondary N) is 1. The molecule has 2 heterocycles. The molecule has 4 aromatic rings. The molecule has 9 nitrogen and oxygen atoms in total. The standard InChI is InChI=1S/C33H33F3N6O3S/c1-21(2)28-19-27(44-4)14-15-29(28)41-16-5-17-46-32(41)39-31(43)38-22(3)18-23-6-8-24(9-7-23)30-37-20-42(40-30)25-10-12-26(13-11-25)45-33(34,35)36/h6-15,18-21H,5,16-17H2,1-4H3,(H,38,43)/b22-18+,39-32-. The number of ether oxygens (including phenoxy) is 2. The van der Waals surface area contributed by atoms with Crippen molar-refractivity contribution in [2.24, 2.45) is 4.99 Å². The first kappa shape index (κ1) is 32.6. The lowest BCUT2D eigenvalue weighted by molar-refractivity contribution is -0.274. The van der Waals surface area contributed by atoms with Gasteiger partial charge in [0.15, 0.2) is 11.0 Å². The first-order valence-corrected chi connectivity index (χ1v) is 15.5. The Balaban J connectivity index is 1.24. The van der Waals surface area contributed by atoms with Crippen LogP contribution in [0.4, 0.5) is 23.7 Å². The minimum absolute atomic E-state index is 0.262. The van der Waals surface area contributed by atoms with Gasteiger partial charge in [0.05, 0.1) is 12.8 Å². The molecule has 0 saturated carbocycles. The Morgan fingerprint density at radius 3 is 2.46 bits per heavy atom. The fraction of sp³-hybridized carbons (Fsp3) is 0.273. The number of methoxy groups -OCH3 is 1. The fourth-order valence-corrected chi connectivity index (χ4v) is 5.81. The first-order valence-electron chi connectivity index (χ1n) is 14.5. The van der Waals surface area contributed by atoms with E-state index < -0.39 is 12.4 Å². The number of hydrogen-bond acceptors (Lipinski definition) is 6. The van der Waals surface area contributed by atoms with Gasteiger partial charge in [-0.2, -0.15) is 4.99 Å². The average Bonchev–Trinajstić information content (AvgIpc) is 3.51. The molecule has 0 aliphatic carbocycles. The summed E-state index contributed by atoms with van der Waals surface area (Å²) in [6, 6.07) is 18.3. The lowest BCUT2D eigenvalue weighted by atomic mass is 10.00. The molecule has 13 heteroatoms. The van der Waals surface area contributed by atoms with Crippen LogP contribution in [0, 0.1) is 0 Å². The van der Waals surface area contributed by atoms with Crippen LogP contribution in [0.2, 0.25) is 0 Å². The Morgan fingerprint density at radius 2 is 1.78 bits per heavy atom. The van der Waals surface area contributed by atoms with E-state index in [1.165, 1.54) is 35.3 Å². The number of halogens is 3. The van der Waals surface area contributed by atoms with Crippen molar-refractivity contribution in [3.05, 3.63) is 89.9 Å². The number of thioether (sulfide) groups is 1. The topological polar surface area (TPSA) is 93.9 Å². The highest BCUT2D eigenvalue weighted by Crippen LogP contribution is 2.35. The molecule has 0 bridgehead atoms. The molecule has 1 aliphatic heterocycles. The molecule has 46 heavy (non-hydrogen) atoms. The predicted molar refractivity (Wildman–Crippen MR) is 175 cm³/mol. The number of benzene rings is 3. The highest BCUT2D eigenvalue weighted by molar-refractivity contribution is 8.14. The fourth-order valence-electron chi connectivity index (χ4n) is 4.86. The number of anilines is 1. The molecule has 240 valence electrons. The molecule has 0 atom stereocenters. The SMILES string of the molecule is COc1ccc(N2CCCS/C2=N\C(=O)N/C(C)=C/c2ccc(-c3ncn(-c4ccc(OC(F)(F)F)cc4)n3)cc2)c(C(C)C)c1. The third-order valence-electron chi connectivity index (χ3n) is 7.02. The van der Waals surface area contributed by atoms with Crippen LogP contribution in [0.5, 0.6) is 11.5 Å². The third-order valence-corrected chi connectivity index (χ3v) is 8.08. The molecule has 5 rings (SSSR count). The van der Waals surface area contributed by atoms with Crippen molar-refractivity contribution in [2.75, 3.05) is 24.3 Å². The van der Waals surface area contributed by atoms with Crippen LogP contribution < -0.4 is 19.7 Å². The van der Waals surface area contributed by atoms with Crippen molar-refractivity contribution in [3.8, 4) is 28.6 Å². The van der Waals surface area contributed by atoms with Gasteiger partial charge in [-0.25, -0.2) is 14.5 Å². The molecular weight excluding hydrogens is 617 g/mol. The Hall–Kier alpha value is -4.78. The lowest BCUT2D eigenvalue weighted by Gasteiger charge is -2.32. The summed E-state index contributed by atoms with van der Waals surface area (Å²) in [5.41, 5.74) is 4.90. The zero-order chi connectivity index (χ0) is 32.8. The van der Waals surface area contributed by atoms with E-state index in [0.29, 0.717) is 22.4 Å². The predicted octanol–water partition coefficient (Wildman–Crippen LogP) is 8.03. The number of amidine groups is 1. The minimum Gasteiger partial charge on any atom is -0.497 e. The first-order chi connectivity index (χ1) is 22.0. The van der Waals surface area contributed by atoms with Crippen LogP contribution in [0.1, 0.15) is 44.2 Å². The number of nitrogens with zero attached hydrogens (tertiary/aromatic N) is 5. The molecule has 1 aromatic heterocycles. The van der Waals surface area contributed by atoms with E-state index in [1.807, 2.05) is 48.5 Å². The Morgan fingerprint density at radius 1 is 1.07 bits per heavy atom. The van der Waals surface area contributed by atoms with Crippen molar-refractivity contribution in [3.63, 3.8) is 0 Å². The van der Waals surface area contributed by atoms with E-state index in [-0.39, 0.29) is 11.7 Å². The summed E-state index contributed by atoms with van der Waals surface area (Å²) in [6.45, 7) is 6.83. The van der Waals surface area contributed by atoms with Gasteiger partial charge < -0.3 is 19.7 Å². The minimum atomic E-state index is -4.76. The maximum atomic E-state index is 13.0. The molecule has 1 fully saturated rings. The summed E-state index contributed by atoms with van der Waals surface area (Å²) in [5, 5.41) is 7.96. The summed E-state index contributed by atoms with van der Waals surface area (Å²) >= 11 is 1.56. The molecule has 3 aromatic carbocycles. The third kappa shape index (κ3) is 8.27. The van der Waals surface area contributed by atoms with Gasteiger partial charge in [-0.1, -0.05) is 49.9 Å². The van der Waals surface area contributed by atoms with E-state index in [2.05, 4.69) is 43.9 Å². The van der Waals surface area contributed by atoms with E-state index in [4.69, 9.17) is 4.74 Å². The van der Waals surface area contributed by atoms with Crippen molar-refractivity contribution in [1.29, 1.82) is 0 Å². The van der Waals surface area contributed by atoms with Gasteiger partial charge in [-0.3, -0.25) is 0 Å². The number of rotatable bonds is 8. The number of aromatic nitrogens is 3. The van der Waals surface area contributed by atoms with Crippen LogP contribution in [0.15, 0.2) is 83.7 Å². The monoisotopic (exact) mass is 650 g/mol. The zero-order valence-electron chi connectivity index (χ0n) is 25.7. The van der Waals surface area contributed by atoms with Gasteiger partial charge in [-0.05, 0) is 78.9 Å². The maximum absolute atomic E-state index is 13.0. The molecule has 1 aliphatic rings. The Bertz CT molecular complexity index is 1730. The van der Waals surface area contributed by atoms with Gasteiger partial charge in [0.25, 0.3) is 0 Å². The second-order valence-corrected chi connectivity index (χ2v) is 11.8. The number of hydrogen-bond donors (Lipinski definition) is 1. The summed E-state index contributed by atoms with van der Waals surface area (Å²) in [6.07, 6.45) is -0.458. The maximum Gasteiger partial charge on any atom is 0.573 e. The quantitative estimate of drug-likeness (QED) is 0.206. The van der Waals surface area contributed by atoms with Crippen LogP contribution in [-0.4, -0.2) is 51.7 Å². The van der Waals surface area contributed by atoms with E-state index >= 15 is 0 Å². The number of aliphatic imine (C=N–C) groups is 1. The Kier molecular flexibility index (Phi) is 10.0. The molecular formula is C33H33F3N6O3S. The van der Waals surface area contributed by atoms with E-state index in [0.717, 1.165) is 46.8 Å². The second kappa shape index (κ2) is 14.1. The normalized spacial score (nSPS) is 14.9. The summed E-state index contributed by atoms with van der Waals surface area (Å²) in [5.74, 6) is 2.06. The van der Waals surface area contributed by atoms with Gasteiger partial charge in [0.2, 0.25) is 0 Å². The second-order valence-electron chi connectivity index (χ2n) is 10.8. The van der Waals surface area contributed by atoms with Crippen LogP contribution >= 0.6 is 11.8 Å². The highest BCUT2D eigenvalue weighted by Gasteiger charge is 2.31. The molecule has 0 radical (unpaired) electrons. The summed E-state index contributed by atoms with van der Waals surface area (Å²) in [7, 11) is 1.65. The smallest absolute Gasteiger partial charge is 0.497 e. The summed E-state index contributed by atoms with van der Waals surface area (Å²) in [4.78, 5) is 23.8. The van der Waals surface area contributed by atoms with Crippen molar-refractivity contribution < 1.29 is 27.4 Å². The molecule has 1 N–H and O–H groups in total.